The highest BCUT2D eigenvalue weighted by molar-refractivity contribution is 5.94. The molecule has 5 nitrogen and oxygen atoms in total. The van der Waals surface area contributed by atoms with E-state index in [4.69, 9.17) is 4.52 Å². The van der Waals surface area contributed by atoms with Gasteiger partial charge in [-0.2, -0.15) is 0 Å². The second kappa shape index (κ2) is 8.88. The lowest BCUT2D eigenvalue weighted by molar-refractivity contribution is 0.208. The topological polar surface area (TPSA) is 58.4 Å². The lowest BCUT2D eigenvalue weighted by Gasteiger charge is -2.25. The molecule has 1 N–H and O–H groups in total. The van der Waals surface area contributed by atoms with Crippen molar-refractivity contribution in [3.05, 3.63) is 96.2 Å². The fourth-order valence-electron chi connectivity index (χ4n) is 3.48. The molecule has 0 bridgehead atoms. The molecule has 0 aliphatic heterocycles. The quantitative estimate of drug-likeness (QED) is 0.405. The van der Waals surface area contributed by atoms with Gasteiger partial charge in [0.25, 0.3) is 0 Å². The number of urea groups is 1. The van der Waals surface area contributed by atoms with Crippen molar-refractivity contribution in [2.75, 3.05) is 12.4 Å². The first-order valence-corrected chi connectivity index (χ1v) is 10.3. The molecule has 4 aromatic rings. The van der Waals surface area contributed by atoms with Crippen molar-refractivity contribution >= 4 is 11.7 Å². The molecule has 0 aliphatic rings. The molecule has 1 atom stereocenters. The van der Waals surface area contributed by atoms with Crippen molar-refractivity contribution < 1.29 is 9.32 Å². The Bertz CT molecular complexity index is 1150. The van der Waals surface area contributed by atoms with Crippen LogP contribution in [-0.2, 0) is 0 Å². The molecular formula is C26H25N3O2. The summed E-state index contributed by atoms with van der Waals surface area (Å²) in [4.78, 5) is 14.6. The van der Waals surface area contributed by atoms with Gasteiger partial charge in [0.05, 0.1) is 6.04 Å². The molecular weight excluding hydrogens is 386 g/mol. The Hall–Kier alpha value is -3.86. The lowest BCUT2D eigenvalue weighted by atomic mass is 10.0. The van der Waals surface area contributed by atoms with Gasteiger partial charge in [0, 0.05) is 12.6 Å². The molecule has 4 rings (SSSR count). The Labute approximate surface area is 182 Å². The van der Waals surface area contributed by atoms with Gasteiger partial charge >= 0.3 is 6.03 Å². The maximum absolute atomic E-state index is 12.9. The van der Waals surface area contributed by atoms with Gasteiger partial charge in [0.15, 0.2) is 5.76 Å². The third kappa shape index (κ3) is 4.36. The normalized spacial score (nSPS) is 11.7. The molecule has 0 fully saturated rings. The Kier molecular flexibility index (Phi) is 5.85. The van der Waals surface area contributed by atoms with Gasteiger partial charge in [-0.05, 0) is 30.5 Å². The van der Waals surface area contributed by atoms with E-state index in [0.29, 0.717) is 17.1 Å². The number of carbonyl (C=O) groups excluding carboxylic acids is 1. The summed E-state index contributed by atoms with van der Waals surface area (Å²) in [6, 6.07) is 27.9. The smallest absolute Gasteiger partial charge is 0.322 e. The summed E-state index contributed by atoms with van der Waals surface area (Å²) < 4.78 is 5.57. The number of hydrogen-bond acceptors (Lipinski definition) is 3. The predicted molar refractivity (Wildman–Crippen MR) is 124 cm³/mol. The number of amides is 2. The molecule has 0 aliphatic carbocycles. The van der Waals surface area contributed by atoms with E-state index in [9.17, 15) is 4.79 Å². The first-order chi connectivity index (χ1) is 15.0. The van der Waals surface area contributed by atoms with Crippen LogP contribution in [0.4, 0.5) is 10.5 Å². The molecule has 1 aromatic heterocycles. The van der Waals surface area contributed by atoms with E-state index >= 15 is 0 Å². The molecule has 1 heterocycles. The van der Waals surface area contributed by atoms with Crippen LogP contribution in [0.3, 0.4) is 0 Å². The number of aryl methyl sites for hydroxylation is 1. The van der Waals surface area contributed by atoms with Crippen LogP contribution in [0.15, 0.2) is 89.5 Å². The minimum Gasteiger partial charge on any atom is -0.354 e. The number of nitrogens with one attached hydrogen (secondary N) is 1. The Morgan fingerprint density at radius 3 is 2.06 bits per heavy atom. The average Bonchev–Trinajstić information content (AvgIpc) is 3.19. The van der Waals surface area contributed by atoms with E-state index in [1.54, 1.807) is 11.9 Å². The third-order valence-electron chi connectivity index (χ3n) is 5.53. The summed E-state index contributed by atoms with van der Waals surface area (Å²) in [5.74, 6) is 0.547. The van der Waals surface area contributed by atoms with Gasteiger partial charge in [0.2, 0.25) is 0 Å². The highest BCUT2D eigenvalue weighted by Crippen LogP contribution is 2.33. The van der Waals surface area contributed by atoms with Gasteiger partial charge in [-0.25, -0.2) is 4.79 Å². The standard InChI is InChI=1S/C26H25N3O2/c1-18-24(27-26(30)29(3)19(2)20-10-6-4-7-11-20)25(31-28-18)23-16-14-22(15-17-23)21-12-8-5-9-13-21/h4-17,19H,1-3H3,(H,27,30)/t19-/m1/s1. The van der Waals surface area contributed by atoms with E-state index in [0.717, 1.165) is 22.3 Å². The van der Waals surface area contributed by atoms with E-state index in [2.05, 4.69) is 22.6 Å². The molecule has 2 amide bonds. The number of rotatable bonds is 5. The van der Waals surface area contributed by atoms with Crippen molar-refractivity contribution in [2.45, 2.75) is 19.9 Å². The van der Waals surface area contributed by atoms with Crippen LogP contribution in [0.1, 0.15) is 24.2 Å². The predicted octanol–water partition coefficient (Wildman–Crippen LogP) is 6.54. The first-order valence-electron chi connectivity index (χ1n) is 10.3. The second-order valence-electron chi connectivity index (χ2n) is 7.54. The Balaban J connectivity index is 1.54. The summed E-state index contributed by atoms with van der Waals surface area (Å²) in [6.07, 6.45) is 0. The van der Waals surface area contributed by atoms with Crippen molar-refractivity contribution in [2.24, 2.45) is 0 Å². The van der Waals surface area contributed by atoms with Crippen molar-refractivity contribution in [1.82, 2.24) is 10.1 Å². The zero-order valence-corrected chi connectivity index (χ0v) is 17.9. The summed E-state index contributed by atoms with van der Waals surface area (Å²) in [7, 11) is 1.78. The molecule has 156 valence electrons. The monoisotopic (exact) mass is 411 g/mol. The van der Waals surface area contributed by atoms with E-state index in [1.165, 1.54) is 0 Å². The maximum Gasteiger partial charge on any atom is 0.322 e. The van der Waals surface area contributed by atoms with Gasteiger partial charge < -0.3 is 14.7 Å². The Morgan fingerprint density at radius 2 is 1.42 bits per heavy atom. The fraction of sp³-hybridized carbons (Fsp3) is 0.154. The second-order valence-corrected chi connectivity index (χ2v) is 7.54. The zero-order chi connectivity index (χ0) is 21.8. The van der Waals surface area contributed by atoms with Crippen LogP contribution in [-0.4, -0.2) is 23.1 Å². The Morgan fingerprint density at radius 1 is 0.871 bits per heavy atom. The van der Waals surface area contributed by atoms with Crippen LogP contribution < -0.4 is 5.32 Å². The van der Waals surface area contributed by atoms with Gasteiger partial charge in [-0.1, -0.05) is 90.1 Å². The molecule has 0 spiro atoms. The minimum atomic E-state index is -0.218. The van der Waals surface area contributed by atoms with Crippen LogP contribution in [0.5, 0.6) is 0 Å². The van der Waals surface area contributed by atoms with Gasteiger partial charge in [0.1, 0.15) is 11.4 Å². The highest BCUT2D eigenvalue weighted by Gasteiger charge is 2.22. The van der Waals surface area contributed by atoms with E-state index in [1.807, 2.05) is 86.6 Å². The van der Waals surface area contributed by atoms with Crippen LogP contribution in [0, 0.1) is 6.92 Å². The number of aromatic nitrogens is 1. The maximum atomic E-state index is 12.9. The van der Waals surface area contributed by atoms with Crippen LogP contribution >= 0.6 is 0 Å². The SMILES string of the molecule is Cc1noc(-c2ccc(-c3ccccc3)cc2)c1NC(=O)N(C)[C@H](C)c1ccccc1. The third-order valence-corrected chi connectivity index (χ3v) is 5.53. The number of benzene rings is 3. The number of nitrogens with zero attached hydrogens (tertiary/aromatic N) is 2. The van der Waals surface area contributed by atoms with Crippen molar-refractivity contribution in [1.29, 1.82) is 0 Å². The molecule has 5 heteroatoms. The van der Waals surface area contributed by atoms with Crippen LogP contribution in [0.25, 0.3) is 22.5 Å². The average molecular weight is 412 g/mol. The number of carbonyl (C=O) groups is 1. The zero-order valence-electron chi connectivity index (χ0n) is 17.9. The largest absolute Gasteiger partial charge is 0.354 e. The summed E-state index contributed by atoms with van der Waals surface area (Å²) >= 11 is 0. The number of hydrogen-bond donors (Lipinski definition) is 1. The van der Waals surface area contributed by atoms with Crippen LogP contribution in [0.2, 0.25) is 0 Å². The molecule has 0 saturated heterocycles. The van der Waals surface area contributed by atoms with Crippen molar-refractivity contribution in [3.8, 4) is 22.5 Å². The summed E-state index contributed by atoms with van der Waals surface area (Å²) in [5, 5.41) is 7.07. The van der Waals surface area contributed by atoms with Crippen molar-refractivity contribution in [3.63, 3.8) is 0 Å². The summed E-state index contributed by atoms with van der Waals surface area (Å²) in [6.45, 7) is 3.82. The minimum absolute atomic E-state index is 0.0741. The summed E-state index contributed by atoms with van der Waals surface area (Å²) in [5.41, 5.74) is 5.41. The van der Waals surface area contributed by atoms with Gasteiger partial charge in [-0.3, -0.25) is 0 Å². The molecule has 3 aromatic carbocycles. The van der Waals surface area contributed by atoms with E-state index in [-0.39, 0.29) is 12.1 Å². The number of anilines is 1. The van der Waals surface area contributed by atoms with Gasteiger partial charge in [-0.15, -0.1) is 0 Å². The highest BCUT2D eigenvalue weighted by atomic mass is 16.5. The first kappa shape index (κ1) is 20.4. The molecule has 0 saturated carbocycles. The molecule has 0 radical (unpaired) electrons. The van der Waals surface area contributed by atoms with E-state index < -0.39 is 0 Å². The lowest BCUT2D eigenvalue weighted by Crippen LogP contribution is -2.33. The fourth-order valence-corrected chi connectivity index (χ4v) is 3.48. The molecule has 0 unspecified atom stereocenters. The molecule has 31 heavy (non-hydrogen) atoms.